The Kier molecular flexibility index (Phi) is 4.44. The second-order valence-corrected chi connectivity index (χ2v) is 4.20. The fourth-order valence-corrected chi connectivity index (χ4v) is 1.76. The highest BCUT2D eigenvalue weighted by Crippen LogP contribution is 2.21. The Morgan fingerprint density at radius 3 is 2.60 bits per heavy atom. The lowest BCUT2D eigenvalue weighted by molar-refractivity contribution is 0.417. The molecule has 0 amide bonds. The van der Waals surface area contributed by atoms with Gasteiger partial charge in [-0.2, -0.15) is 0 Å². The number of rotatable bonds is 5. The molecular weight excluding hydrogens is 252 g/mol. The first-order valence-electron chi connectivity index (χ1n) is 6.23. The molecule has 20 heavy (non-hydrogen) atoms. The molecule has 2 aromatic rings. The molecule has 0 heterocycles. The molecule has 0 aromatic heterocycles. The molecule has 2 rings (SSSR count). The number of nitrogens with zero attached hydrogens (tertiary/aromatic N) is 1. The van der Waals surface area contributed by atoms with E-state index in [0.29, 0.717) is 23.9 Å². The van der Waals surface area contributed by atoms with Crippen molar-refractivity contribution in [2.45, 2.75) is 0 Å². The minimum absolute atomic E-state index is 0.405. The highest BCUT2D eigenvalue weighted by atomic mass is 16.5. The maximum Gasteiger partial charge on any atom is 0.141 e. The van der Waals surface area contributed by atoms with Gasteiger partial charge in [-0.3, -0.25) is 0 Å². The van der Waals surface area contributed by atoms with Gasteiger partial charge in [-0.1, -0.05) is 18.2 Å². The van der Waals surface area contributed by atoms with Gasteiger partial charge in [0.05, 0.1) is 12.8 Å². The van der Waals surface area contributed by atoms with Crippen molar-refractivity contribution in [1.29, 1.82) is 0 Å². The number of nitrogens with two attached hydrogens (primary N) is 2. The minimum atomic E-state index is 0.405. The highest BCUT2D eigenvalue weighted by molar-refractivity contribution is 5.98. The number of aliphatic imine (C=N–C) groups is 1. The molecule has 5 nitrogen and oxygen atoms in total. The van der Waals surface area contributed by atoms with Crippen LogP contribution < -0.4 is 21.5 Å². The molecule has 0 aliphatic carbocycles. The second kappa shape index (κ2) is 6.47. The fourth-order valence-electron chi connectivity index (χ4n) is 1.76. The summed E-state index contributed by atoms with van der Waals surface area (Å²) in [5.74, 6) is 1.06. The van der Waals surface area contributed by atoms with Crippen LogP contribution in [-0.2, 0) is 0 Å². The first-order chi connectivity index (χ1) is 9.70. The normalized spacial score (nSPS) is 11.2. The van der Waals surface area contributed by atoms with Gasteiger partial charge in [0.1, 0.15) is 18.3 Å². The zero-order valence-corrected chi connectivity index (χ0v) is 11.3. The molecule has 0 bridgehead atoms. The van der Waals surface area contributed by atoms with Gasteiger partial charge in [0.15, 0.2) is 0 Å². The Balaban J connectivity index is 2.01. The molecule has 0 aliphatic rings. The lowest BCUT2D eigenvalue weighted by Crippen LogP contribution is -2.16. The number of anilines is 2. The third-order valence-electron chi connectivity index (χ3n) is 2.83. The van der Waals surface area contributed by atoms with Crippen LogP contribution >= 0.6 is 0 Å². The smallest absolute Gasteiger partial charge is 0.141 e. The van der Waals surface area contributed by atoms with E-state index in [1.165, 1.54) is 0 Å². The summed E-state index contributed by atoms with van der Waals surface area (Å²) in [6, 6.07) is 15.2. The van der Waals surface area contributed by atoms with Crippen LogP contribution in [0.1, 0.15) is 5.56 Å². The Hall–Kier alpha value is -2.69. The van der Waals surface area contributed by atoms with Gasteiger partial charge in [0.2, 0.25) is 0 Å². The second-order valence-electron chi connectivity index (χ2n) is 4.20. The van der Waals surface area contributed by atoms with Crippen molar-refractivity contribution in [3.63, 3.8) is 0 Å². The number of nitrogens with one attached hydrogen (secondary N) is 1. The monoisotopic (exact) mass is 270 g/mol. The molecule has 2 aromatic carbocycles. The van der Waals surface area contributed by atoms with Crippen LogP contribution in [0, 0.1) is 0 Å². The summed E-state index contributed by atoms with van der Waals surface area (Å²) in [4.78, 5) is 4.27. The first kappa shape index (κ1) is 13.7. The summed E-state index contributed by atoms with van der Waals surface area (Å²) < 4.78 is 5.10. The fraction of sp³-hybridized carbons (Fsp3) is 0.133. The first-order valence-corrected chi connectivity index (χ1v) is 6.23. The molecule has 0 saturated heterocycles. The van der Waals surface area contributed by atoms with Gasteiger partial charge in [-0.25, -0.2) is 4.99 Å². The van der Waals surface area contributed by atoms with Gasteiger partial charge in [-0.15, -0.1) is 0 Å². The Morgan fingerprint density at radius 2 is 1.95 bits per heavy atom. The van der Waals surface area contributed by atoms with E-state index in [4.69, 9.17) is 16.2 Å². The van der Waals surface area contributed by atoms with Gasteiger partial charge in [0.25, 0.3) is 0 Å². The quantitative estimate of drug-likeness (QED) is 0.441. The third kappa shape index (κ3) is 3.41. The van der Waals surface area contributed by atoms with E-state index in [1.807, 2.05) is 36.4 Å². The zero-order valence-electron chi connectivity index (χ0n) is 11.3. The van der Waals surface area contributed by atoms with Crippen molar-refractivity contribution >= 4 is 17.2 Å². The van der Waals surface area contributed by atoms with Crippen LogP contribution in [0.2, 0.25) is 0 Å². The van der Waals surface area contributed by atoms with Crippen molar-refractivity contribution < 1.29 is 4.74 Å². The van der Waals surface area contributed by atoms with E-state index in [0.717, 1.165) is 11.3 Å². The van der Waals surface area contributed by atoms with Crippen LogP contribution in [0.15, 0.2) is 53.5 Å². The van der Waals surface area contributed by atoms with Crippen molar-refractivity contribution in [3.8, 4) is 5.75 Å². The van der Waals surface area contributed by atoms with Crippen molar-refractivity contribution in [2.24, 2.45) is 10.7 Å². The molecule has 0 aliphatic heterocycles. The maximum atomic E-state index is 5.93. The molecule has 104 valence electrons. The SMILES string of the molecule is COc1ccc(C(N)=NCNc2ccccc2)cc1N. The van der Waals surface area contributed by atoms with Crippen LogP contribution in [0.5, 0.6) is 5.75 Å². The lowest BCUT2D eigenvalue weighted by Gasteiger charge is -2.07. The van der Waals surface area contributed by atoms with Crippen LogP contribution in [0.3, 0.4) is 0 Å². The number of para-hydroxylation sites is 1. The van der Waals surface area contributed by atoms with Gasteiger partial charge >= 0.3 is 0 Å². The molecule has 0 radical (unpaired) electrons. The van der Waals surface area contributed by atoms with E-state index in [1.54, 1.807) is 19.2 Å². The van der Waals surface area contributed by atoms with Crippen LogP contribution in [0.4, 0.5) is 11.4 Å². The molecule has 0 spiro atoms. The average Bonchev–Trinajstić information content (AvgIpc) is 2.48. The topological polar surface area (TPSA) is 85.7 Å². The van der Waals surface area contributed by atoms with Crippen LogP contribution in [-0.4, -0.2) is 19.6 Å². The Morgan fingerprint density at radius 1 is 1.20 bits per heavy atom. The summed E-state index contributed by atoms with van der Waals surface area (Å²) in [6.07, 6.45) is 0. The number of methoxy groups -OCH3 is 1. The van der Waals surface area contributed by atoms with Crippen LogP contribution in [0.25, 0.3) is 0 Å². The summed E-state index contributed by atoms with van der Waals surface area (Å²) in [5.41, 5.74) is 14.1. The molecule has 5 N–H and O–H groups in total. The van der Waals surface area contributed by atoms with Gasteiger partial charge in [-0.05, 0) is 30.3 Å². The van der Waals surface area contributed by atoms with E-state index < -0.39 is 0 Å². The van der Waals surface area contributed by atoms with Gasteiger partial charge < -0.3 is 21.5 Å². The molecule has 5 heteroatoms. The number of benzene rings is 2. The van der Waals surface area contributed by atoms with Gasteiger partial charge in [0, 0.05) is 11.3 Å². The maximum absolute atomic E-state index is 5.93. The molecular formula is C15H18N4O. The van der Waals surface area contributed by atoms with Crippen molar-refractivity contribution in [3.05, 3.63) is 54.1 Å². The summed E-state index contributed by atoms with van der Waals surface area (Å²) in [7, 11) is 1.58. The summed E-state index contributed by atoms with van der Waals surface area (Å²) in [6.45, 7) is 0.405. The number of nitrogen functional groups attached to an aromatic ring is 1. The number of hydrogen-bond donors (Lipinski definition) is 3. The lowest BCUT2D eigenvalue weighted by atomic mass is 10.2. The van der Waals surface area contributed by atoms with E-state index in [9.17, 15) is 0 Å². The predicted molar refractivity (Wildman–Crippen MR) is 83.1 cm³/mol. The molecule has 0 atom stereocenters. The third-order valence-corrected chi connectivity index (χ3v) is 2.83. The Labute approximate surface area is 118 Å². The standard InChI is InChI=1S/C15H18N4O/c1-20-14-8-7-11(9-13(14)16)15(17)19-10-18-12-5-3-2-4-6-12/h2-9,18H,10,16H2,1H3,(H2,17,19). The number of amidine groups is 1. The number of hydrogen-bond acceptors (Lipinski definition) is 4. The largest absolute Gasteiger partial charge is 0.495 e. The summed E-state index contributed by atoms with van der Waals surface area (Å²) in [5, 5.41) is 3.16. The molecule has 0 unspecified atom stereocenters. The number of ether oxygens (including phenoxy) is 1. The molecule has 0 saturated carbocycles. The van der Waals surface area contributed by atoms with E-state index in [2.05, 4.69) is 10.3 Å². The van der Waals surface area contributed by atoms with Crippen molar-refractivity contribution in [1.82, 2.24) is 0 Å². The average molecular weight is 270 g/mol. The zero-order chi connectivity index (χ0) is 14.4. The van der Waals surface area contributed by atoms with E-state index >= 15 is 0 Å². The minimum Gasteiger partial charge on any atom is -0.495 e. The highest BCUT2D eigenvalue weighted by Gasteiger charge is 2.03. The Bertz CT molecular complexity index is 596. The van der Waals surface area contributed by atoms with E-state index in [-0.39, 0.29) is 0 Å². The molecule has 0 fully saturated rings. The summed E-state index contributed by atoms with van der Waals surface area (Å²) >= 11 is 0. The van der Waals surface area contributed by atoms with Crippen molar-refractivity contribution in [2.75, 3.05) is 24.8 Å². The predicted octanol–water partition coefficient (Wildman–Crippen LogP) is 2.05.